The van der Waals surface area contributed by atoms with Gasteiger partial charge in [-0.2, -0.15) is 0 Å². The number of phenols is 3. The van der Waals surface area contributed by atoms with Crippen LogP contribution in [0.15, 0.2) is 188 Å². The number of hydrogen-bond donors (Lipinski definition) is 10. The molecule has 8 aromatic carbocycles. The Kier molecular flexibility index (Phi) is 32.1. The van der Waals surface area contributed by atoms with Crippen LogP contribution >= 0.6 is 23.2 Å². The van der Waals surface area contributed by atoms with E-state index in [0.717, 1.165) is 54.5 Å². The number of primary amides is 1. The predicted molar refractivity (Wildman–Crippen MR) is 505 cm³/mol. The van der Waals surface area contributed by atoms with Crippen molar-refractivity contribution in [1.82, 2.24) is 36.8 Å². The van der Waals surface area contributed by atoms with Crippen LogP contribution in [0.2, 0.25) is 46.3 Å². The van der Waals surface area contributed by atoms with Crippen LogP contribution in [0, 0.1) is 5.92 Å². The number of methoxy groups -OCH3 is 1. The first kappa shape index (κ1) is 103. The first-order valence-electron chi connectivity index (χ1n) is 43.9. The summed E-state index contributed by atoms with van der Waals surface area (Å²) in [5.41, 5.74) is 13.9. The summed E-state index contributed by atoms with van der Waals surface area (Å²) >= 11 is 15.3. The Morgan fingerprint density at radius 2 is 1.12 bits per heavy atom. The van der Waals surface area contributed by atoms with E-state index in [1.54, 1.807) is 45.1 Å². The van der Waals surface area contributed by atoms with Gasteiger partial charge in [-0.1, -0.05) is 169 Å². The Bertz CT molecular complexity index is 6060. The molecule has 0 aromatic heterocycles. The fraction of sp³-hybridized carbons (Fsp3) is 0.361. The maximum absolute atomic E-state index is 17.0. The normalized spacial score (nSPS) is 21.4. The molecular weight excluding hydrogens is 1860 g/mol. The van der Waals surface area contributed by atoms with Gasteiger partial charge in [0, 0.05) is 34.7 Å². The molecule has 0 aliphatic carbocycles. The summed E-state index contributed by atoms with van der Waals surface area (Å²) in [5.74, 6) is -18.8. The number of halogens is 2. The van der Waals surface area contributed by atoms with E-state index in [1.165, 1.54) is 122 Å². The predicted octanol–water partition coefficient (Wildman–Crippen LogP) is 14.0. The van der Waals surface area contributed by atoms with E-state index in [2.05, 4.69) is 48.5 Å². The minimum atomic E-state index is -3.40. The number of benzene rings is 8. The highest BCUT2D eigenvalue weighted by atomic mass is 35.5. The van der Waals surface area contributed by atoms with Gasteiger partial charge in [0.25, 0.3) is 0 Å². The van der Waals surface area contributed by atoms with E-state index in [1.807, 2.05) is 54.6 Å². The van der Waals surface area contributed by atoms with Crippen LogP contribution < -0.4 is 51.8 Å². The molecule has 14 atom stereocenters. The minimum Gasteiger partial charge on any atom is -0.508 e. The van der Waals surface area contributed by atoms with Crippen molar-refractivity contribution in [2.45, 2.75) is 190 Å². The molecule has 6 heterocycles. The van der Waals surface area contributed by atoms with Crippen LogP contribution in [-0.4, -0.2) is 190 Å². The first-order valence-corrected chi connectivity index (χ1v) is 50.4. The van der Waals surface area contributed by atoms with Crippen molar-refractivity contribution in [2.75, 3.05) is 27.3 Å². The number of fused-ring (bicyclic) bond motifs is 15. The van der Waals surface area contributed by atoms with Gasteiger partial charge in [0.05, 0.1) is 59.0 Å². The molecular formula is C97H107Cl2N11O26Si2. The second-order valence-corrected chi connectivity index (χ2v) is 47.0. The van der Waals surface area contributed by atoms with Gasteiger partial charge in [0.1, 0.15) is 77.7 Å². The minimum absolute atomic E-state index is 0.00561. The highest BCUT2D eigenvalue weighted by molar-refractivity contribution is 6.74. The number of amides is 8. The van der Waals surface area contributed by atoms with E-state index < -0.39 is 253 Å². The van der Waals surface area contributed by atoms with Gasteiger partial charge in [0.15, 0.2) is 46.4 Å². The highest BCUT2D eigenvalue weighted by Crippen LogP contribution is 2.52. The Labute approximate surface area is 806 Å². The number of carbonyl (C=O) groups is 12. The van der Waals surface area contributed by atoms with Crippen molar-refractivity contribution in [2.24, 2.45) is 16.8 Å². The number of carbonyl (C=O) groups excluding carboxylic acids is 12. The number of aromatic hydroxyl groups is 3. The van der Waals surface area contributed by atoms with Gasteiger partial charge in [-0.3, -0.25) is 38.5 Å². The van der Waals surface area contributed by atoms with Crippen molar-refractivity contribution in [3.8, 4) is 57.1 Å². The molecule has 11 bridgehead atoms. The maximum Gasteiger partial charge on any atom is 0.410 e. The van der Waals surface area contributed by atoms with Crippen molar-refractivity contribution in [3.63, 3.8) is 0 Å². The van der Waals surface area contributed by atoms with Crippen molar-refractivity contribution < 1.29 is 124 Å². The summed E-state index contributed by atoms with van der Waals surface area (Å²) in [6, 6.07) is 22.9. The van der Waals surface area contributed by atoms with E-state index in [0.29, 0.717) is 0 Å². The van der Waals surface area contributed by atoms with Gasteiger partial charge in [-0.25, -0.2) is 24.0 Å². The number of nitrogens with one attached hydrogen (secondary N) is 6. The van der Waals surface area contributed by atoms with Crippen LogP contribution in [0.4, 0.5) is 4.79 Å². The number of esters is 4. The van der Waals surface area contributed by atoms with Gasteiger partial charge in [-0.05, 0) is 167 Å². The number of phenolic OH excluding ortho intramolecular Hbond substituents is 3. The molecule has 6 aliphatic heterocycles. The smallest absolute Gasteiger partial charge is 0.410 e. The summed E-state index contributed by atoms with van der Waals surface area (Å²) in [6.45, 7) is 24.5. The molecule has 0 saturated carbocycles. The summed E-state index contributed by atoms with van der Waals surface area (Å²) in [7, 11) is -4.50. The number of azide groups is 1. The van der Waals surface area contributed by atoms with Gasteiger partial charge in [0.2, 0.25) is 59.5 Å². The van der Waals surface area contributed by atoms with E-state index >= 15 is 38.4 Å². The first-order chi connectivity index (χ1) is 65.2. The molecule has 8 amide bonds. The van der Waals surface area contributed by atoms with Crippen LogP contribution in [0.1, 0.15) is 157 Å². The quantitative estimate of drug-likeness (QED) is 0.00511. The molecule has 37 nitrogen and oxygen atoms in total. The molecule has 1 saturated heterocycles. The van der Waals surface area contributed by atoms with Crippen molar-refractivity contribution in [3.05, 3.63) is 248 Å². The number of likely N-dealkylation sites (N-methyl/N-ethyl adjacent to an activating group) is 1. The molecule has 1 unspecified atom stereocenters. The van der Waals surface area contributed by atoms with Crippen LogP contribution in [-0.2, 0) is 75.6 Å². The molecule has 8 aromatic rings. The topological polar surface area (TPSA) is 517 Å². The summed E-state index contributed by atoms with van der Waals surface area (Å²) in [5, 5.41) is 53.2. The van der Waals surface area contributed by atoms with Gasteiger partial charge in [-0.15, -0.1) is 0 Å². The Morgan fingerprint density at radius 3 is 1.63 bits per heavy atom. The van der Waals surface area contributed by atoms with Crippen LogP contribution in [0.3, 0.4) is 0 Å². The Morgan fingerprint density at radius 1 is 0.609 bits per heavy atom. The second kappa shape index (κ2) is 43.1. The average molecular weight is 1970 g/mol. The fourth-order valence-electron chi connectivity index (χ4n) is 15.3. The SMILES string of the molecule is C=CCOC(=O)N(C)[C@H](CC(C)C)C(=O)N[C@H]1C(=O)N[C@@H](CC(N)=O)C(=O)N[C@H]2C(=O)N[C@H]3C(=O)N[C@H](C(=O)NC(C(=O)OC)c4cc(O)cc(O)c4-c4cc3ccc4O)[C@H](O[Si](C)(C)C(C)(C)C)c3ccc(c(Cl)c3)Oc3cc2cc(c3O[C@@H]2O[C@H](CN=[N+]=[N-])[C@@H](OC(=O)c3ccccc3)[C@H](OC(=O)c3ccccc3)[C@H]2OC(=O)c2ccccc2)Oc2ccc(cc2Cl)[C@H]1O[Si](C)(C)C(C)(C)C. The molecule has 0 radical (unpaired) electrons. The lowest BCUT2D eigenvalue weighted by Crippen LogP contribution is -2.63. The molecule has 0 spiro atoms. The van der Waals surface area contributed by atoms with E-state index in [9.17, 15) is 40.0 Å². The summed E-state index contributed by atoms with van der Waals surface area (Å²) < 4.78 is 72.7. The molecule has 11 N–H and O–H groups in total. The largest absolute Gasteiger partial charge is 0.508 e. The van der Waals surface area contributed by atoms with Crippen LogP contribution in [0.5, 0.6) is 46.0 Å². The molecule has 41 heteroatoms. The van der Waals surface area contributed by atoms with Crippen molar-refractivity contribution >= 4 is 111 Å². The molecule has 1 fully saturated rings. The van der Waals surface area contributed by atoms with E-state index in [-0.39, 0.29) is 73.9 Å². The lowest BCUT2D eigenvalue weighted by molar-refractivity contribution is -0.268. The third-order valence-corrected chi connectivity index (χ3v) is 34.0. The Hall–Kier alpha value is -14.1. The number of rotatable bonds is 24. The standard InChI is InChI=1S/C97H107Cl2N11O26Si2/c1-16-38-127-95(125)110(10)63(39-49(2)3)85(116)107-76-78(135-137(12,13)96(4,5)6)54-33-36-66(60(98)41-54)128-68-43-56-44-69(80(68)134-94-83(133-92(123)52-30-24-19-25-31-52)82(132-91(122)51-28-22-18-23-29-51)81(70(130-94)48-102-109-101)131-90(121)50-26-20-17-21-27-50)129-67-37-34-55(42-61(67)99)79(136-138(14,15)97(7,8)9)77-89(120)106-75(93(124)126-11)59-45-57(111)46-65(113)72(59)58-40-53(32-35-64(58)112)73(86(117)108-77)105-87(118)74(56)104-84(115)62(47-71(100)114)103-88(76)119/h16-37,40-46,49,62-63,70,73-79,81-83,94,111-113H,1,38-39,47-48H2,2-15H3,(H2,100,114)(H,103,119)(H,104,115)(H,105,118)(H,106,120)(H,107,116)(H,108,117)/t62-,63+,70+,73+,74+,75?,76+,77-,78+,79+,81+,82-,83+,94-/m0/s1. The number of nitrogens with two attached hydrogens (primary N) is 1. The number of ether oxygens (including phenoxy) is 9. The lowest BCUT2D eigenvalue weighted by Gasteiger charge is -2.44. The zero-order chi connectivity index (χ0) is 100. The highest BCUT2D eigenvalue weighted by Gasteiger charge is 2.56. The summed E-state index contributed by atoms with van der Waals surface area (Å²) in [6.07, 6.45) is -14.7. The Balaban J connectivity index is 1.19. The number of nitrogens with zero attached hydrogens (tertiary/aromatic N) is 4. The summed E-state index contributed by atoms with van der Waals surface area (Å²) in [4.78, 5) is 189. The molecule has 14 rings (SSSR count). The monoisotopic (exact) mass is 1970 g/mol. The van der Waals surface area contributed by atoms with Gasteiger partial charge < -0.3 is 104 Å². The molecule has 6 aliphatic rings. The fourth-order valence-corrected chi connectivity index (χ4v) is 18.2. The second-order valence-electron chi connectivity index (χ2n) is 36.7. The van der Waals surface area contributed by atoms with Crippen LogP contribution in [0.25, 0.3) is 21.6 Å². The van der Waals surface area contributed by atoms with Crippen molar-refractivity contribution in [1.29, 1.82) is 0 Å². The van der Waals surface area contributed by atoms with Gasteiger partial charge >= 0.3 is 30.0 Å². The number of hydrogen-bond acceptors (Lipinski definition) is 27. The third-order valence-electron chi connectivity index (χ3n) is 24.5. The maximum atomic E-state index is 17.0. The average Bonchev–Trinajstić information content (AvgIpc) is 0.780. The zero-order valence-electron chi connectivity index (χ0n) is 77.8. The molecule has 138 heavy (non-hydrogen) atoms. The zero-order valence-corrected chi connectivity index (χ0v) is 81.3. The third kappa shape index (κ3) is 23.6. The lowest BCUT2D eigenvalue weighted by atomic mass is 9.89. The molecule has 728 valence electrons. The van der Waals surface area contributed by atoms with E-state index in [4.69, 9.17) is 80.4 Å².